The number of rotatable bonds is 7. The lowest BCUT2D eigenvalue weighted by Gasteiger charge is -2.15. The summed E-state index contributed by atoms with van der Waals surface area (Å²) >= 11 is 7.52. The Morgan fingerprint density at radius 3 is 2.55 bits per heavy atom. The lowest BCUT2D eigenvalue weighted by atomic mass is 10.1. The number of benzene rings is 2. The molecular formula is C25H23ClN2O4S. The van der Waals surface area contributed by atoms with Crippen molar-refractivity contribution >= 4 is 39.1 Å². The molecule has 0 amide bonds. The first kappa shape index (κ1) is 23.0. The van der Waals surface area contributed by atoms with Gasteiger partial charge in [0.2, 0.25) is 0 Å². The number of thiophene rings is 1. The summed E-state index contributed by atoms with van der Waals surface area (Å²) in [5.41, 5.74) is 2.06. The van der Waals surface area contributed by atoms with Crippen molar-refractivity contribution in [3.05, 3.63) is 81.2 Å². The number of carbonyl (C=O) groups is 1. The van der Waals surface area contributed by atoms with Crippen LogP contribution in [0.3, 0.4) is 0 Å². The van der Waals surface area contributed by atoms with Crippen LogP contribution in [-0.4, -0.2) is 21.6 Å². The van der Waals surface area contributed by atoms with Gasteiger partial charge in [0.1, 0.15) is 23.2 Å². The molecule has 0 unspecified atom stereocenters. The average Bonchev–Trinajstić information content (AvgIpc) is 3.23. The van der Waals surface area contributed by atoms with Crippen molar-refractivity contribution in [3.63, 3.8) is 0 Å². The maximum atomic E-state index is 13.3. The molecule has 8 heteroatoms. The number of nitrogens with zero attached hydrogens (tertiary/aromatic N) is 2. The fourth-order valence-electron chi connectivity index (χ4n) is 3.42. The Hall–Kier alpha value is -3.16. The second-order valence-electron chi connectivity index (χ2n) is 7.85. The Morgan fingerprint density at radius 2 is 1.85 bits per heavy atom. The zero-order valence-electron chi connectivity index (χ0n) is 18.4. The molecule has 2 aromatic carbocycles. The molecule has 1 atom stereocenters. The van der Waals surface area contributed by atoms with Crippen LogP contribution in [0.25, 0.3) is 21.3 Å². The second-order valence-corrected chi connectivity index (χ2v) is 9.12. The van der Waals surface area contributed by atoms with Crippen LogP contribution in [0.2, 0.25) is 5.02 Å². The standard InChI is InChI=1S/C25H23ClN2O4S/c1-15(2)32-19-10-8-17(9-11-19)20-13-33-23-22(20)24(29)28(14-27-23)16(3)25(30)31-12-18-6-4-5-7-21(18)26/h4-11,13-16H,12H2,1-3H3/t16-/m1/s1. The summed E-state index contributed by atoms with van der Waals surface area (Å²) in [5.74, 6) is 0.226. The van der Waals surface area contributed by atoms with Crippen LogP contribution in [0.4, 0.5) is 0 Å². The summed E-state index contributed by atoms with van der Waals surface area (Å²) in [7, 11) is 0. The van der Waals surface area contributed by atoms with Crippen molar-refractivity contribution in [3.8, 4) is 16.9 Å². The highest BCUT2D eigenvalue weighted by Gasteiger charge is 2.22. The minimum absolute atomic E-state index is 0.0295. The number of hydrogen-bond acceptors (Lipinski definition) is 6. The molecule has 0 saturated heterocycles. The fraction of sp³-hybridized carbons (Fsp3) is 0.240. The van der Waals surface area contributed by atoms with E-state index < -0.39 is 12.0 Å². The number of halogens is 1. The highest BCUT2D eigenvalue weighted by molar-refractivity contribution is 7.17. The van der Waals surface area contributed by atoms with E-state index in [2.05, 4.69) is 4.98 Å². The van der Waals surface area contributed by atoms with E-state index in [1.165, 1.54) is 22.2 Å². The second kappa shape index (κ2) is 9.77. The minimum Gasteiger partial charge on any atom is -0.491 e. The van der Waals surface area contributed by atoms with Crippen molar-refractivity contribution in [2.75, 3.05) is 0 Å². The molecule has 0 aliphatic heterocycles. The van der Waals surface area contributed by atoms with Gasteiger partial charge in [0.15, 0.2) is 0 Å². The van der Waals surface area contributed by atoms with Gasteiger partial charge >= 0.3 is 5.97 Å². The molecule has 2 heterocycles. The Balaban J connectivity index is 1.60. The third kappa shape index (κ3) is 4.94. The van der Waals surface area contributed by atoms with Gasteiger partial charge in [-0.05, 0) is 44.5 Å². The number of ether oxygens (including phenoxy) is 2. The predicted octanol–water partition coefficient (Wildman–Crippen LogP) is 5.87. The first-order chi connectivity index (χ1) is 15.8. The van der Waals surface area contributed by atoms with E-state index in [9.17, 15) is 9.59 Å². The van der Waals surface area contributed by atoms with Gasteiger partial charge in [-0.15, -0.1) is 11.3 Å². The summed E-state index contributed by atoms with van der Waals surface area (Å²) in [4.78, 5) is 31.0. The summed E-state index contributed by atoms with van der Waals surface area (Å²) in [6.07, 6.45) is 1.47. The highest BCUT2D eigenvalue weighted by atomic mass is 35.5. The topological polar surface area (TPSA) is 70.4 Å². The molecule has 33 heavy (non-hydrogen) atoms. The lowest BCUT2D eigenvalue weighted by Crippen LogP contribution is -2.29. The first-order valence-corrected chi connectivity index (χ1v) is 11.8. The Bertz CT molecular complexity index is 1340. The molecule has 2 aromatic heterocycles. The molecular weight excluding hydrogens is 460 g/mol. The van der Waals surface area contributed by atoms with E-state index >= 15 is 0 Å². The van der Waals surface area contributed by atoms with Crippen LogP contribution < -0.4 is 10.3 Å². The fourth-order valence-corrected chi connectivity index (χ4v) is 4.51. The van der Waals surface area contributed by atoms with Crippen LogP contribution in [-0.2, 0) is 16.1 Å². The van der Waals surface area contributed by atoms with Gasteiger partial charge < -0.3 is 9.47 Å². The lowest BCUT2D eigenvalue weighted by molar-refractivity contribution is -0.148. The number of aromatic nitrogens is 2. The summed E-state index contributed by atoms with van der Waals surface area (Å²) in [6.45, 7) is 5.58. The molecule has 6 nitrogen and oxygen atoms in total. The molecule has 0 saturated carbocycles. The number of esters is 1. The number of carbonyl (C=O) groups excluding carboxylic acids is 1. The normalized spacial score (nSPS) is 12.2. The number of hydrogen-bond donors (Lipinski definition) is 0. The smallest absolute Gasteiger partial charge is 0.329 e. The first-order valence-electron chi connectivity index (χ1n) is 10.5. The van der Waals surface area contributed by atoms with Crippen LogP contribution in [0, 0.1) is 0 Å². The minimum atomic E-state index is -0.841. The maximum absolute atomic E-state index is 13.3. The summed E-state index contributed by atoms with van der Waals surface area (Å²) in [5, 5.41) is 2.90. The number of fused-ring (bicyclic) bond motifs is 1. The van der Waals surface area contributed by atoms with Crippen molar-refractivity contribution in [2.45, 2.75) is 39.5 Å². The Labute approximate surface area is 200 Å². The molecule has 0 aliphatic rings. The van der Waals surface area contributed by atoms with Gasteiger partial charge in [0.25, 0.3) is 5.56 Å². The molecule has 0 fully saturated rings. The van der Waals surface area contributed by atoms with Crippen molar-refractivity contribution < 1.29 is 14.3 Å². The Kier molecular flexibility index (Phi) is 6.81. The van der Waals surface area contributed by atoms with Crippen molar-refractivity contribution in [1.82, 2.24) is 9.55 Å². The Morgan fingerprint density at radius 1 is 1.12 bits per heavy atom. The van der Waals surface area contributed by atoms with E-state index in [4.69, 9.17) is 21.1 Å². The van der Waals surface area contributed by atoms with Gasteiger partial charge in [0, 0.05) is 21.5 Å². The molecule has 0 spiro atoms. The highest BCUT2D eigenvalue weighted by Crippen LogP contribution is 2.32. The van der Waals surface area contributed by atoms with Crippen molar-refractivity contribution in [1.29, 1.82) is 0 Å². The zero-order valence-corrected chi connectivity index (χ0v) is 20.0. The van der Waals surface area contributed by atoms with E-state index in [1.807, 2.05) is 49.6 Å². The maximum Gasteiger partial charge on any atom is 0.329 e. The quantitative estimate of drug-likeness (QED) is 0.308. The van der Waals surface area contributed by atoms with Crippen LogP contribution in [0.1, 0.15) is 32.4 Å². The molecule has 170 valence electrons. The predicted molar refractivity (Wildman–Crippen MR) is 131 cm³/mol. The molecule has 4 rings (SSSR count). The van der Waals surface area contributed by atoms with Crippen LogP contribution in [0.5, 0.6) is 5.75 Å². The average molecular weight is 483 g/mol. The van der Waals surface area contributed by atoms with Gasteiger partial charge in [-0.2, -0.15) is 0 Å². The SMILES string of the molecule is CC(C)Oc1ccc(-c2csc3ncn([C@H](C)C(=O)OCc4ccccc4Cl)c(=O)c23)cc1. The molecule has 0 N–H and O–H groups in total. The van der Waals surface area contributed by atoms with Gasteiger partial charge in [-0.25, -0.2) is 9.78 Å². The van der Waals surface area contributed by atoms with Gasteiger partial charge in [-0.1, -0.05) is 41.9 Å². The van der Waals surface area contributed by atoms with E-state index in [1.54, 1.807) is 25.1 Å². The molecule has 0 bridgehead atoms. The van der Waals surface area contributed by atoms with Gasteiger partial charge in [-0.3, -0.25) is 9.36 Å². The van der Waals surface area contributed by atoms with Crippen molar-refractivity contribution in [2.24, 2.45) is 0 Å². The molecule has 0 radical (unpaired) electrons. The third-order valence-electron chi connectivity index (χ3n) is 5.14. The monoisotopic (exact) mass is 482 g/mol. The summed E-state index contributed by atoms with van der Waals surface area (Å²) < 4.78 is 12.4. The molecule has 4 aromatic rings. The van der Waals surface area contributed by atoms with Crippen LogP contribution in [0.15, 0.2) is 65.0 Å². The van der Waals surface area contributed by atoms with E-state index in [-0.39, 0.29) is 18.3 Å². The van der Waals surface area contributed by atoms with E-state index in [0.29, 0.717) is 20.8 Å². The zero-order chi connectivity index (χ0) is 23.5. The summed E-state index contributed by atoms with van der Waals surface area (Å²) in [6, 6.07) is 13.9. The largest absolute Gasteiger partial charge is 0.491 e. The van der Waals surface area contributed by atoms with E-state index in [0.717, 1.165) is 16.9 Å². The molecule has 0 aliphatic carbocycles. The van der Waals surface area contributed by atoms with Gasteiger partial charge in [0.05, 0.1) is 17.8 Å². The van der Waals surface area contributed by atoms with Crippen LogP contribution >= 0.6 is 22.9 Å². The third-order valence-corrected chi connectivity index (χ3v) is 6.40.